The van der Waals surface area contributed by atoms with E-state index in [2.05, 4.69) is 4.57 Å². The first-order valence-corrected chi connectivity index (χ1v) is 10.6. The Hall–Kier alpha value is -3.58. The monoisotopic (exact) mass is 431 g/mol. The predicted octanol–water partition coefficient (Wildman–Crippen LogP) is 3.14. The molecular formula is C25H25N3O4. The van der Waals surface area contributed by atoms with Crippen molar-refractivity contribution in [1.29, 1.82) is 0 Å². The molecule has 7 heteroatoms. The highest BCUT2D eigenvalue weighted by Crippen LogP contribution is 2.40. The fourth-order valence-electron chi connectivity index (χ4n) is 4.62. The summed E-state index contributed by atoms with van der Waals surface area (Å²) >= 11 is 0. The summed E-state index contributed by atoms with van der Waals surface area (Å²) < 4.78 is 16.4. The number of hydrogen-bond acceptors (Lipinski definition) is 4. The maximum Gasteiger partial charge on any atom is 0.331 e. The molecule has 1 aliphatic rings. The molecule has 4 aromatic rings. The molecule has 164 valence electrons. The van der Waals surface area contributed by atoms with Gasteiger partial charge in [-0.1, -0.05) is 42.0 Å². The fraction of sp³-hybridized carbons (Fsp3) is 0.280. The highest BCUT2D eigenvalue weighted by molar-refractivity contribution is 5.96. The first kappa shape index (κ1) is 20.3. The average Bonchev–Trinajstić information content (AvgIpc) is 3.17. The summed E-state index contributed by atoms with van der Waals surface area (Å²) in [6.07, 6.45) is -0.408. The van der Waals surface area contributed by atoms with Crippen LogP contribution in [0.2, 0.25) is 0 Å². The molecule has 0 saturated carbocycles. The van der Waals surface area contributed by atoms with Gasteiger partial charge in [0, 0.05) is 20.6 Å². The van der Waals surface area contributed by atoms with Crippen LogP contribution in [0.5, 0.6) is 5.75 Å². The SMILES string of the molecule is COc1ccc([C@H]2OCCn3c(-c4ccc(C)cc4)c4c(=O)n(C)c(=O)n(C)c4c32)cc1. The summed E-state index contributed by atoms with van der Waals surface area (Å²) in [5, 5.41) is 0.539. The third-order valence-corrected chi connectivity index (χ3v) is 6.30. The number of aryl methyl sites for hydroxylation is 2. The Labute approximate surface area is 185 Å². The molecule has 0 aliphatic carbocycles. The van der Waals surface area contributed by atoms with Gasteiger partial charge in [-0.15, -0.1) is 0 Å². The van der Waals surface area contributed by atoms with Gasteiger partial charge in [0.05, 0.1) is 36.0 Å². The smallest absolute Gasteiger partial charge is 0.331 e. The van der Waals surface area contributed by atoms with Gasteiger partial charge in [-0.05, 0) is 30.2 Å². The van der Waals surface area contributed by atoms with Crippen LogP contribution >= 0.6 is 0 Å². The second-order valence-electron chi connectivity index (χ2n) is 8.20. The second-order valence-corrected chi connectivity index (χ2v) is 8.20. The van der Waals surface area contributed by atoms with Gasteiger partial charge in [-0.3, -0.25) is 13.9 Å². The fourth-order valence-corrected chi connectivity index (χ4v) is 4.62. The quantitative estimate of drug-likeness (QED) is 0.500. The highest BCUT2D eigenvalue weighted by atomic mass is 16.5. The number of methoxy groups -OCH3 is 1. The van der Waals surface area contributed by atoms with E-state index in [1.165, 1.54) is 11.6 Å². The molecule has 0 saturated heterocycles. The van der Waals surface area contributed by atoms with Crippen LogP contribution in [-0.4, -0.2) is 27.4 Å². The van der Waals surface area contributed by atoms with Crippen molar-refractivity contribution in [3.05, 3.63) is 86.2 Å². The number of benzene rings is 2. The van der Waals surface area contributed by atoms with E-state index in [1.54, 1.807) is 18.7 Å². The minimum Gasteiger partial charge on any atom is -0.497 e. The molecule has 0 N–H and O–H groups in total. The normalized spacial score (nSPS) is 15.7. The van der Waals surface area contributed by atoms with Crippen molar-refractivity contribution in [2.75, 3.05) is 13.7 Å². The minimum absolute atomic E-state index is 0.297. The molecule has 7 nitrogen and oxygen atoms in total. The van der Waals surface area contributed by atoms with E-state index in [0.717, 1.165) is 33.8 Å². The Morgan fingerprint density at radius 3 is 2.31 bits per heavy atom. The maximum absolute atomic E-state index is 13.4. The maximum atomic E-state index is 13.4. The lowest BCUT2D eigenvalue weighted by molar-refractivity contribution is 0.0478. The Morgan fingerprint density at radius 2 is 1.66 bits per heavy atom. The van der Waals surface area contributed by atoms with Crippen LogP contribution in [0.3, 0.4) is 0 Å². The van der Waals surface area contributed by atoms with Crippen LogP contribution < -0.4 is 16.0 Å². The Balaban J connectivity index is 1.89. The van der Waals surface area contributed by atoms with Gasteiger partial charge in [0.25, 0.3) is 5.56 Å². The van der Waals surface area contributed by atoms with Crippen LogP contribution in [0.4, 0.5) is 0 Å². The lowest BCUT2D eigenvalue weighted by atomic mass is 10.0. The summed E-state index contributed by atoms with van der Waals surface area (Å²) in [5.74, 6) is 0.756. The van der Waals surface area contributed by atoms with Gasteiger partial charge in [0.15, 0.2) is 0 Å². The van der Waals surface area contributed by atoms with Crippen LogP contribution in [-0.2, 0) is 25.4 Å². The van der Waals surface area contributed by atoms with Crippen LogP contribution in [0.1, 0.15) is 22.9 Å². The Bertz CT molecular complexity index is 1440. The molecule has 0 bridgehead atoms. The van der Waals surface area contributed by atoms with Crippen molar-refractivity contribution in [3.63, 3.8) is 0 Å². The first-order chi connectivity index (χ1) is 15.4. The number of hydrogen-bond donors (Lipinski definition) is 0. The molecule has 0 fully saturated rings. The van der Waals surface area contributed by atoms with E-state index < -0.39 is 6.10 Å². The predicted molar refractivity (Wildman–Crippen MR) is 123 cm³/mol. The van der Waals surface area contributed by atoms with Gasteiger partial charge < -0.3 is 14.0 Å². The molecule has 1 atom stereocenters. The van der Waals surface area contributed by atoms with Crippen molar-refractivity contribution in [2.45, 2.75) is 19.6 Å². The second kappa shape index (κ2) is 7.53. The molecule has 5 rings (SSSR count). The number of ether oxygens (including phenoxy) is 2. The lowest BCUT2D eigenvalue weighted by Crippen LogP contribution is -2.37. The highest BCUT2D eigenvalue weighted by Gasteiger charge is 2.33. The molecular weight excluding hydrogens is 406 g/mol. The molecule has 1 aliphatic heterocycles. The molecule has 32 heavy (non-hydrogen) atoms. The Kier molecular flexibility index (Phi) is 4.78. The van der Waals surface area contributed by atoms with E-state index in [4.69, 9.17) is 9.47 Å². The summed E-state index contributed by atoms with van der Waals surface area (Å²) in [5.41, 5.74) is 4.64. The topological polar surface area (TPSA) is 67.4 Å². The van der Waals surface area contributed by atoms with Crippen molar-refractivity contribution in [1.82, 2.24) is 13.7 Å². The van der Waals surface area contributed by atoms with Crippen molar-refractivity contribution in [3.8, 4) is 17.0 Å². The summed E-state index contributed by atoms with van der Waals surface area (Å²) in [4.78, 5) is 26.3. The van der Waals surface area contributed by atoms with E-state index in [-0.39, 0.29) is 11.2 Å². The lowest BCUT2D eigenvalue weighted by Gasteiger charge is -2.27. The van der Waals surface area contributed by atoms with Gasteiger partial charge >= 0.3 is 5.69 Å². The minimum atomic E-state index is -0.408. The van der Waals surface area contributed by atoms with Crippen LogP contribution in [0.25, 0.3) is 22.2 Å². The van der Waals surface area contributed by atoms with Crippen LogP contribution in [0.15, 0.2) is 58.1 Å². The van der Waals surface area contributed by atoms with Crippen molar-refractivity contribution >= 4 is 10.9 Å². The Morgan fingerprint density at radius 1 is 0.969 bits per heavy atom. The summed E-state index contributed by atoms with van der Waals surface area (Å²) in [6, 6.07) is 15.8. The third-order valence-electron chi connectivity index (χ3n) is 6.30. The molecule has 0 radical (unpaired) electrons. The largest absolute Gasteiger partial charge is 0.497 e. The third kappa shape index (κ3) is 2.92. The average molecular weight is 431 g/mol. The van der Waals surface area contributed by atoms with E-state index >= 15 is 0 Å². The molecule has 2 aromatic heterocycles. The van der Waals surface area contributed by atoms with Crippen LogP contribution in [0, 0.1) is 6.92 Å². The van der Waals surface area contributed by atoms with E-state index in [0.29, 0.717) is 24.1 Å². The standard InChI is InChI=1S/C25H25N3O4/c1-15-5-7-16(8-6-15)20-19-21(26(2)25(30)27(3)24(19)29)22-23(32-14-13-28(20)22)17-9-11-18(31-4)12-10-17/h5-12,23H,13-14H2,1-4H3/t23-/m1/s1. The van der Waals surface area contributed by atoms with Gasteiger partial charge in [0.2, 0.25) is 0 Å². The number of aromatic nitrogens is 3. The first-order valence-electron chi connectivity index (χ1n) is 10.6. The van der Waals surface area contributed by atoms with Crippen molar-refractivity contribution < 1.29 is 9.47 Å². The number of rotatable bonds is 3. The summed E-state index contributed by atoms with van der Waals surface area (Å²) in [7, 11) is 4.87. The molecule has 2 aromatic carbocycles. The molecule has 3 heterocycles. The zero-order valence-electron chi connectivity index (χ0n) is 18.6. The van der Waals surface area contributed by atoms with Gasteiger partial charge in [-0.25, -0.2) is 4.79 Å². The molecule has 0 amide bonds. The number of nitrogens with zero attached hydrogens (tertiary/aromatic N) is 3. The van der Waals surface area contributed by atoms with Gasteiger partial charge in [0.1, 0.15) is 11.9 Å². The van der Waals surface area contributed by atoms with Crippen molar-refractivity contribution in [2.24, 2.45) is 14.1 Å². The zero-order valence-corrected chi connectivity index (χ0v) is 18.6. The summed E-state index contributed by atoms with van der Waals surface area (Å²) in [6.45, 7) is 3.13. The van der Waals surface area contributed by atoms with Gasteiger partial charge in [-0.2, -0.15) is 0 Å². The zero-order chi connectivity index (χ0) is 22.6. The van der Waals surface area contributed by atoms with E-state index in [9.17, 15) is 9.59 Å². The molecule has 0 spiro atoms. The number of fused-ring (bicyclic) bond motifs is 3. The van der Waals surface area contributed by atoms with E-state index in [1.807, 2.05) is 55.5 Å². The molecule has 0 unspecified atom stereocenters.